The molecule has 0 radical (unpaired) electrons. The fourth-order valence-electron chi connectivity index (χ4n) is 1.87. The highest BCUT2D eigenvalue weighted by Gasteiger charge is 2.35. The summed E-state index contributed by atoms with van der Waals surface area (Å²) in [5.41, 5.74) is -0.649. The van der Waals surface area contributed by atoms with E-state index in [2.05, 4.69) is 20.8 Å². The van der Waals surface area contributed by atoms with Crippen molar-refractivity contribution < 1.29 is 9.84 Å². The first-order valence-corrected chi connectivity index (χ1v) is 5.85. The van der Waals surface area contributed by atoms with Gasteiger partial charge in [-0.25, -0.2) is 0 Å². The second kappa shape index (κ2) is 6.41. The summed E-state index contributed by atoms with van der Waals surface area (Å²) >= 11 is 0. The van der Waals surface area contributed by atoms with Crippen molar-refractivity contribution in [1.29, 1.82) is 0 Å². The molecular formula is C12H26O2. The van der Waals surface area contributed by atoms with Crippen molar-refractivity contribution in [3.8, 4) is 0 Å². The molecule has 0 bridgehead atoms. The van der Waals surface area contributed by atoms with Crippen LogP contribution in [0.3, 0.4) is 0 Å². The number of ether oxygens (including phenoxy) is 1. The van der Waals surface area contributed by atoms with Crippen LogP contribution in [-0.4, -0.2) is 23.4 Å². The first kappa shape index (κ1) is 13.9. The fourth-order valence-corrected chi connectivity index (χ4v) is 1.87. The summed E-state index contributed by atoms with van der Waals surface area (Å²) in [6.45, 7) is 11.1. The summed E-state index contributed by atoms with van der Waals surface area (Å²) in [7, 11) is 0. The van der Waals surface area contributed by atoms with Crippen LogP contribution in [0.25, 0.3) is 0 Å². The Kier molecular flexibility index (Phi) is 6.38. The summed E-state index contributed by atoms with van der Waals surface area (Å²) in [6, 6.07) is 0. The van der Waals surface area contributed by atoms with E-state index in [0.29, 0.717) is 5.92 Å². The van der Waals surface area contributed by atoms with Gasteiger partial charge >= 0.3 is 0 Å². The van der Waals surface area contributed by atoms with E-state index in [9.17, 15) is 5.11 Å². The highest BCUT2D eigenvalue weighted by Crippen LogP contribution is 2.27. The molecule has 2 nitrogen and oxygen atoms in total. The first-order valence-electron chi connectivity index (χ1n) is 5.85. The van der Waals surface area contributed by atoms with E-state index in [4.69, 9.17) is 4.74 Å². The van der Waals surface area contributed by atoms with Gasteiger partial charge in [0.1, 0.15) is 0 Å². The molecule has 0 aliphatic heterocycles. The van der Waals surface area contributed by atoms with Gasteiger partial charge in [-0.15, -0.1) is 0 Å². The van der Waals surface area contributed by atoms with Crippen LogP contribution in [0.5, 0.6) is 0 Å². The highest BCUT2D eigenvalue weighted by molar-refractivity contribution is 4.87. The molecule has 0 heterocycles. The van der Waals surface area contributed by atoms with E-state index in [1.165, 1.54) is 0 Å². The molecule has 86 valence electrons. The van der Waals surface area contributed by atoms with Gasteiger partial charge < -0.3 is 9.84 Å². The molecule has 1 N–H and O–H groups in total. The van der Waals surface area contributed by atoms with Crippen molar-refractivity contribution in [2.75, 3.05) is 6.61 Å². The van der Waals surface area contributed by atoms with Crippen LogP contribution in [-0.2, 0) is 4.74 Å². The monoisotopic (exact) mass is 202 g/mol. The van der Waals surface area contributed by atoms with Crippen LogP contribution in [0.1, 0.15) is 53.9 Å². The maximum Gasteiger partial charge on any atom is 0.0905 e. The Bertz CT molecular complexity index is 139. The average Bonchev–Trinajstić information content (AvgIpc) is 2.17. The van der Waals surface area contributed by atoms with Crippen LogP contribution < -0.4 is 0 Å². The summed E-state index contributed by atoms with van der Waals surface area (Å²) in [4.78, 5) is 0. The highest BCUT2D eigenvalue weighted by atomic mass is 16.5. The molecule has 1 atom stereocenters. The van der Waals surface area contributed by atoms with Crippen molar-refractivity contribution in [2.45, 2.75) is 65.6 Å². The van der Waals surface area contributed by atoms with Gasteiger partial charge in [-0.2, -0.15) is 0 Å². The van der Waals surface area contributed by atoms with Gasteiger partial charge in [0.25, 0.3) is 0 Å². The molecule has 0 spiro atoms. The van der Waals surface area contributed by atoms with Gasteiger partial charge in [0.2, 0.25) is 0 Å². The zero-order valence-electron chi connectivity index (χ0n) is 10.3. The Hall–Kier alpha value is -0.0800. The Labute approximate surface area is 88.7 Å². The third kappa shape index (κ3) is 3.58. The van der Waals surface area contributed by atoms with Crippen molar-refractivity contribution in [3.63, 3.8) is 0 Å². The van der Waals surface area contributed by atoms with Crippen molar-refractivity contribution in [3.05, 3.63) is 0 Å². The number of rotatable bonds is 7. The van der Waals surface area contributed by atoms with Crippen molar-refractivity contribution >= 4 is 0 Å². The minimum absolute atomic E-state index is 0.0301. The SMILES string of the molecule is CCCO[C@@H](C(C)C)C(O)(CC)CC. The van der Waals surface area contributed by atoms with E-state index in [1.807, 2.05) is 13.8 Å². The molecule has 0 saturated heterocycles. The molecule has 0 amide bonds. The zero-order valence-corrected chi connectivity index (χ0v) is 10.3. The normalized spacial score (nSPS) is 14.8. The van der Waals surface area contributed by atoms with E-state index >= 15 is 0 Å². The number of hydrogen-bond donors (Lipinski definition) is 1. The second-order valence-electron chi connectivity index (χ2n) is 4.35. The lowest BCUT2D eigenvalue weighted by molar-refractivity contribution is -0.132. The average molecular weight is 202 g/mol. The van der Waals surface area contributed by atoms with Crippen LogP contribution in [0.15, 0.2) is 0 Å². The van der Waals surface area contributed by atoms with Gasteiger partial charge in [0, 0.05) is 6.61 Å². The predicted molar refractivity (Wildman–Crippen MR) is 60.4 cm³/mol. The lowest BCUT2D eigenvalue weighted by Crippen LogP contribution is -2.46. The Morgan fingerprint density at radius 3 is 1.93 bits per heavy atom. The largest absolute Gasteiger partial charge is 0.387 e. The summed E-state index contributed by atoms with van der Waals surface area (Å²) in [5, 5.41) is 10.4. The summed E-state index contributed by atoms with van der Waals surface area (Å²) < 4.78 is 5.75. The Balaban J connectivity index is 4.44. The molecule has 14 heavy (non-hydrogen) atoms. The lowest BCUT2D eigenvalue weighted by Gasteiger charge is -2.37. The van der Waals surface area contributed by atoms with Crippen LogP contribution in [0.4, 0.5) is 0 Å². The van der Waals surface area contributed by atoms with E-state index < -0.39 is 5.60 Å². The number of hydrogen-bond acceptors (Lipinski definition) is 2. The molecule has 0 aromatic heterocycles. The zero-order chi connectivity index (χ0) is 11.2. The topological polar surface area (TPSA) is 29.5 Å². The van der Waals surface area contributed by atoms with E-state index in [1.54, 1.807) is 0 Å². The molecular weight excluding hydrogens is 176 g/mol. The minimum atomic E-state index is -0.649. The molecule has 0 aliphatic carbocycles. The molecule has 0 fully saturated rings. The van der Waals surface area contributed by atoms with E-state index in [0.717, 1.165) is 25.9 Å². The van der Waals surface area contributed by atoms with Gasteiger partial charge in [-0.1, -0.05) is 34.6 Å². The van der Waals surface area contributed by atoms with Crippen LogP contribution in [0.2, 0.25) is 0 Å². The van der Waals surface area contributed by atoms with Crippen molar-refractivity contribution in [2.24, 2.45) is 5.92 Å². The maximum atomic E-state index is 10.4. The van der Waals surface area contributed by atoms with Crippen LogP contribution >= 0.6 is 0 Å². The quantitative estimate of drug-likeness (QED) is 0.687. The molecule has 0 aromatic rings. The molecule has 0 saturated carbocycles. The minimum Gasteiger partial charge on any atom is -0.387 e. The smallest absolute Gasteiger partial charge is 0.0905 e. The standard InChI is InChI=1S/C12H26O2/c1-6-9-14-11(10(4)5)12(13,7-2)8-3/h10-11,13H,6-9H2,1-5H3/t11-/m0/s1. The van der Waals surface area contributed by atoms with E-state index in [-0.39, 0.29) is 6.10 Å². The Morgan fingerprint density at radius 1 is 1.14 bits per heavy atom. The summed E-state index contributed by atoms with van der Waals surface area (Å²) in [6.07, 6.45) is 2.50. The maximum absolute atomic E-state index is 10.4. The van der Waals surface area contributed by atoms with Crippen molar-refractivity contribution in [1.82, 2.24) is 0 Å². The molecule has 0 aromatic carbocycles. The van der Waals surface area contributed by atoms with Gasteiger partial charge in [0.15, 0.2) is 0 Å². The summed E-state index contributed by atoms with van der Waals surface area (Å²) in [5.74, 6) is 0.367. The third-order valence-corrected chi connectivity index (χ3v) is 2.86. The molecule has 0 unspecified atom stereocenters. The fraction of sp³-hybridized carbons (Fsp3) is 1.00. The molecule has 0 aliphatic rings. The molecule has 0 rings (SSSR count). The molecule has 2 heteroatoms. The first-order chi connectivity index (χ1) is 6.51. The number of aliphatic hydroxyl groups is 1. The van der Waals surface area contributed by atoms with Crippen LogP contribution in [0, 0.1) is 5.92 Å². The third-order valence-electron chi connectivity index (χ3n) is 2.86. The van der Waals surface area contributed by atoms with Gasteiger partial charge in [-0.05, 0) is 25.2 Å². The lowest BCUT2D eigenvalue weighted by atomic mass is 9.84. The van der Waals surface area contributed by atoms with Gasteiger partial charge in [0.05, 0.1) is 11.7 Å². The van der Waals surface area contributed by atoms with Gasteiger partial charge in [-0.3, -0.25) is 0 Å². The Morgan fingerprint density at radius 2 is 1.64 bits per heavy atom. The predicted octanol–water partition coefficient (Wildman–Crippen LogP) is 2.99. The second-order valence-corrected chi connectivity index (χ2v) is 4.35.